The summed E-state index contributed by atoms with van der Waals surface area (Å²) in [6, 6.07) is 19.2. The number of rotatable bonds is 5. The summed E-state index contributed by atoms with van der Waals surface area (Å²) in [5.41, 5.74) is 3.90. The zero-order chi connectivity index (χ0) is 21.5. The van der Waals surface area contributed by atoms with E-state index in [1.165, 1.54) is 3.97 Å². The van der Waals surface area contributed by atoms with E-state index in [1.54, 1.807) is 55.6 Å². The Morgan fingerprint density at radius 1 is 0.933 bits per heavy atom. The molecule has 0 bridgehead atoms. The molecule has 3 aromatic carbocycles. The number of benzene rings is 3. The topological polar surface area (TPSA) is 65.4 Å². The number of fused-ring (bicyclic) bond motifs is 1. The molecule has 30 heavy (non-hydrogen) atoms. The van der Waals surface area contributed by atoms with Crippen molar-refractivity contribution in [2.45, 2.75) is 18.7 Å². The van der Waals surface area contributed by atoms with Gasteiger partial charge in [0.2, 0.25) is 0 Å². The number of hydrogen-bond donors (Lipinski definition) is 0. The highest BCUT2D eigenvalue weighted by Gasteiger charge is 2.25. The van der Waals surface area contributed by atoms with Crippen LogP contribution in [0.3, 0.4) is 0 Å². The van der Waals surface area contributed by atoms with E-state index in [0.29, 0.717) is 28.1 Å². The molecule has 0 unspecified atom stereocenters. The van der Waals surface area contributed by atoms with Crippen LogP contribution >= 0.6 is 0 Å². The SMILES string of the molecule is COc1ccc2c(c1)cc(-c1cc(C)cc(C=O)c1C)n2S(=O)(=O)c1ccccc1. The Hall–Kier alpha value is -3.38. The van der Waals surface area contributed by atoms with Crippen LogP contribution in [0.15, 0.2) is 71.6 Å². The van der Waals surface area contributed by atoms with Crippen molar-refractivity contribution < 1.29 is 17.9 Å². The molecule has 0 N–H and O–H groups in total. The van der Waals surface area contributed by atoms with Crippen LogP contribution in [0.5, 0.6) is 5.75 Å². The Labute approximate surface area is 175 Å². The van der Waals surface area contributed by atoms with Crippen molar-refractivity contribution in [3.8, 4) is 17.0 Å². The third-order valence-electron chi connectivity index (χ3n) is 5.24. The van der Waals surface area contributed by atoms with Crippen LogP contribution in [-0.4, -0.2) is 25.8 Å². The first kappa shape index (κ1) is 19.9. The lowest BCUT2D eigenvalue weighted by atomic mass is 9.98. The van der Waals surface area contributed by atoms with Gasteiger partial charge in [0.1, 0.15) is 12.0 Å². The van der Waals surface area contributed by atoms with Crippen molar-refractivity contribution >= 4 is 27.2 Å². The molecule has 4 aromatic rings. The summed E-state index contributed by atoms with van der Waals surface area (Å²) < 4.78 is 34.0. The predicted molar refractivity (Wildman–Crippen MR) is 118 cm³/mol. The minimum atomic E-state index is -3.88. The largest absolute Gasteiger partial charge is 0.497 e. The monoisotopic (exact) mass is 419 g/mol. The number of carbonyl (C=O) groups excluding carboxylic acids is 1. The van der Waals surface area contributed by atoms with Gasteiger partial charge in [-0.3, -0.25) is 4.79 Å². The fourth-order valence-electron chi connectivity index (χ4n) is 3.71. The number of carbonyl (C=O) groups is 1. The van der Waals surface area contributed by atoms with E-state index in [-0.39, 0.29) is 4.90 Å². The van der Waals surface area contributed by atoms with Crippen LogP contribution in [0.1, 0.15) is 21.5 Å². The van der Waals surface area contributed by atoms with Crippen molar-refractivity contribution in [1.29, 1.82) is 0 Å². The average Bonchev–Trinajstić information content (AvgIpc) is 3.14. The number of hydrogen-bond acceptors (Lipinski definition) is 4. The Kier molecular flexibility index (Phi) is 4.95. The molecule has 0 spiro atoms. The maximum absolute atomic E-state index is 13.7. The third kappa shape index (κ3) is 3.19. The highest BCUT2D eigenvalue weighted by Crippen LogP contribution is 2.36. The van der Waals surface area contributed by atoms with Crippen LogP contribution < -0.4 is 4.74 Å². The summed E-state index contributed by atoms with van der Waals surface area (Å²) in [7, 11) is -2.31. The molecule has 0 amide bonds. The molecule has 6 heteroatoms. The van der Waals surface area contributed by atoms with E-state index >= 15 is 0 Å². The first-order valence-corrected chi connectivity index (χ1v) is 10.9. The normalized spacial score (nSPS) is 11.6. The van der Waals surface area contributed by atoms with Gasteiger partial charge < -0.3 is 4.74 Å². The van der Waals surface area contributed by atoms with Gasteiger partial charge in [-0.2, -0.15) is 0 Å². The molecule has 0 saturated heterocycles. The number of aromatic nitrogens is 1. The summed E-state index contributed by atoms with van der Waals surface area (Å²) in [4.78, 5) is 11.8. The Morgan fingerprint density at radius 2 is 1.67 bits per heavy atom. The fraction of sp³-hybridized carbons (Fsp3) is 0.125. The molecule has 0 saturated carbocycles. The van der Waals surface area contributed by atoms with Gasteiger partial charge in [-0.1, -0.05) is 18.2 Å². The lowest BCUT2D eigenvalue weighted by Gasteiger charge is -2.15. The van der Waals surface area contributed by atoms with Gasteiger partial charge in [0.25, 0.3) is 10.0 Å². The van der Waals surface area contributed by atoms with E-state index in [4.69, 9.17) is 4.74 Å². The Balaban J connectivity index is 2.12. The lowest BCUT2D eigenvalue weighted by molar-refractivity contribution is 0.112. The van der Waals surface area contributed by atoms with Crippen molar-refractivity contribution in [2.24, 2.45) is 0 Å². The molecule has 0 atom stereocenters. The molecular formula is C24H21NO4S. The second kappa shape index (κ2) is 7.46. The molecule has 0 fully saturated rings. The highest BCUT2D eigenvalue weighted by atomic mass is 32.2. The highest BCUT2D eigenvalue weighted by molar-refractivity contribution is 7.90. The van der Waals surface area contributed by atoms with Crippen LogP contribution in [0.4, 0.5) is 0 Å². The Bertz CT molecular complexity index is 1370. The van der Waals surface area contributed by atoms with Crippen molar-refractivity contribution in [2.75, 3.05) is 7.11 Å². The van der Waals surface area contributed by atoms with E-state index in [0.717, 1.165) is 22.8 Å². The molecule has 4 rings (SSSR count). The van der Waals surface area contributed by atoms with Gasteiger partial charge in [0.05, 0.1) is 23.2 Å². The minimum Gasteiger partial charge on any atom is -0.497 e. The van der Waals surface area contributed by atoms with Gasteiger partial charge in [-0.25, -0.2) is 12.4 Å². The fourth-order valence-corrected chi connectivity index (χ4v) is 5.26. The van der Waals surface area contributed by atoms with Crippen LogP contribution in [0.2, 0.25) is 0 Å². The van der Waals surface area contributed by atoms with E-state index in [2.05, 4.69) is 0 Å². The number of methoxy groups -OCH3 is 1. The molecular weight excluding hydrogens is 398 g/mol. The van der Waals surface area contributed by atoms with E-state index in [9.17, 15) is 13.2 Å². The molecule has 0 radical (unpaired) electrons. The number of ether oxygens (including phenoxy) is 1. The van der Waals surface area contributed by atoms with Crippen molar-refractivity contribution in [3.05, 3.63) is 83.4 Å². The van der Waals surface area contributed by atoms with Gasteiger partial charge >= 0.3 is 0 Å². The molecule has 0 aliphatic rings. The summed E-state index contributed by atoms with van der Waals surface area (Å²) in [5.74, 6) is 0.637. The van der Waals surface area contributed by atoms with Gasteiger partial charge in [0, 0.05) is 16.5 Å². The number of aldehydes is 1. The second-order valence-corrected chi connectivity index (χ2v) is 8.97. The van der Waals surface area contributed by atoms with Crippen molar-refractivity contribution in [3.63, 3.8) is 0 Å². The van der Waals surface area contributed by atoms with Gasteiger partial charge in [-0.05, 0) is 73.5 Å². The van der Waals surface area contributed by atoms with Crippen LogP contribution in [-0.2, 0) is 10.0 Å². The zero-order valence-electron chi connectivity index (χ0n) is 16.9. The third-order valence-corrected chi connectivity index (χ3v) is 6.98. The van der Waals surface area contributed by atoms with E-state index in [1.807, 2.05) is 32.0 Å². The van der Waals surface area contributed by atoms with Crippen LogP contribution in [0, 0.1) is 13.8 Å². The van der Waals surface area contributed by atoms with Crippen molar-refractivity contribution in [1.82, 2.24) is 3.97 Å². The first-order valence-electron chi connectivity index (χ1n) is 9.43. The molecule has 0 aliphatic heterocycles. The summed E-state index contributed by atoms with van der Waals surface area (Å²) in [6.07, 6.45) is 0.799. The molecule has 1 aromatic heterocycles. The summed E-state index contributed by atoms with van der Waals surface area (Å²) >= 11 is 0. The number of aryl methyl sites for hydroxylation is 1. The summed E-state index contributed by atoms with van der Waals surface area (Å²) in [6.45, 7) is 3.72. The maximum Gasteiger partial charge on any atom is 0.268 e. The van der Waals surface area contributed by atoms with E-state index < -0.39 is 10.0 Å². The molecule has 0 aliphatic carbocycles. The first-order chi connectivity index (χ1) is 14.4. The van der Waals surface area contributed by atoms with Gasteiger partial charge in [0.15, 0.2) is 0 Å². The van der Waals surface area contributed by atoms with Crippen LogP contribution in [0.25, 0.3) is 22.2 Å². The second-order valence-electron chi connectivity index (χ2n) is 7.18. The maximum atomic E-state index is 13.7. The average molecular weight is 420 g/mol. The predicted octanol–water partition coefficient (Wildman–Crippen LogP) is 4.98. The lowest BCUT2D eigenvalue weighted by Crippen LogP contribution is -2.14. The standard InChI is InChI=1S/C24H21NO4S/c1-16-11-19(15-26)17(2)22(12-16)24-14-18-13-20(29-3)9-10-23(18)25(24)30(27,28)21-7-5-4-6-8-21/h4-15H,1-3H3. The van der Waals surface area contributed by atoms with Gasteiger partial charge in [-0.15, -0.1) is 0 Å². The quantitative estimate of drug-likeness (QED) is 0.428. The molecule has 152 valence electrons. The number of nitrogens with zero attached hydrogens (tertiary/aromatic N) is 1. The smallest absolute Gasteiger partial charge is 0.268 e. The Morgan fingerprint density at radius 3 is 2.33 bits per heavy atom. The zero-order valence-corrected chi connectivity index (χ0v) is 17.7. The summed E-state index contributed by atoms with van der Waals surface area (Å²) in [5, 5.41) is 0.734. The molecule has 1 heterocycles. The molecule has 5 nitrogen and oxygen atoms in total. The minimum absolute atomic E-state index is 0.195.